The molecule has 0 fully saturated rings. The van der Waals surface area contributed by atoms with E-state index in [0.29, 0.717) is 29.7 Å². The molecule has 1 atom stereocenters. The molecule has 1 heterocycles. The first-order valence-corrected chi connectivity index (χ1v) is 6.39. The maximum absolute atomic E-state index is 9.41. The van der Waals surface area contributed by atoms with Gasteiger partial charge in [-0.05, 0) is 13.3 Å². The number of hydrogen-bond acceptors (Lipinski definition) is 5. The molecule has 0 aliphatic carbocycles. The molecule has 1 aromatic rings. The molecule has 1 aromatic heterocycles. The Balaban J connectivity index is 3.07. The van der Waals surface area contributed by atoms with Crippen LogP contribution in [0, 0.1) is 0 Å². The van der Waals surface area contributed by atoms with Crippen LogP contribution in [0.15, 0.2) is 6.33 Å². The quantitative estimate of drug-likeness (QED) is 0.769. The monoisotopic (exact) mass is 273 g/mol. The first-order valence-electron chi connectivity index (χ1n) is 6.01. The molecule has 102 valence electrons. The third-order valence-corrected chi connectivity index (χ3v) is 3.29. The lowest BCUT2D eigenvalue weighted by molar-refractivity contribution is 0.202. The first-order chi connectivity index (χ1) is 8.65. The van der Waals surface area contributed by atoms with Gasteiger partial charge in [0.25, 0.3) is 0 Å². The van der Waals surface area contributed by atoms with Crippen molar-refractivity contribution in [3.05, 3.63) is 17.0 Å². The fraction of sp³-hybridized carbons (Fsp3) is 0.667. The summed E-state index contributed by atoms with van der Waals surface area (Å²) in [6.45, 7) is 5.33. The minimum atomic E-state index is -0.172. The third-order valence-electron chi connectivity index (χ3n) is 2.96. The number of hydrogen-bond donors (Lipinski definition) is 1. The van der Waals surface area contributed by atoms with Crippen LogP contribution in [0.2, 0.25) is 5.15 Å². The molecule has 0 aromatic carbocycles. The van der Waals surface area contributed by atoms with Crippen molar-refractivity contribution in [1.29, 1.82) is 0 Å². The van der Waals surface area contributed by atoms with Crippen molar-refractivity contribution in [1.82, 2.24) is 9.97 Å². The van der Waals surface area contributed by atoms with Crippen LogP contribution < -0.4 is 4.90 Å². The molecule has 5 nitrogen and oxygen atoms in total. The number of anilines is 1. The number of aliphatic hydroxyl groups excluding tert-OH is 1. The van der Waals surface area contributed by atoms with Crippen LogP contribution in [0.4, 0.5) is 5.82 Å². The van der Waals surface area contributed by atoms with Crippen molar-refractivity contribution >= 4 is 17.4 Å². The summed E-state index contributed by atoms with van der Waals surface area (Å²) in [7, 11) is 1.66. The largest absolute Gasteiger partial charge is 0.391 e. The van der Waals surface area contributed by atoms with Gasteiger partial charge in [-0.25, -0.2) is 9.97 Å². The predicted octanol–water partition coefficient (Wildman–Crippen LogP) is 1.87. The minimum Gasteiger partial charge on any atom is -0.391 e. The summed E-state index contributed by atoms with van der Waals surface area (Å²) < 4.78 is 5.11. The fourth-order valence-corrected chi connectivity index (χ4v) is 1.90. The van der Waals surface area contributed by atoms with E-state index in [-0.39, 0.29) is 12.6 Å². The van der Waals surface area contributed by atoms with Gasteiger partial charge in [-0.1, -0.05) is 18.5 Å². The van der Waals surface area contributed by atoms with E-state index in [2.05, 4.69) is 28.7 Å². The van der Waals surface area contributed by atoms with E-state index in [4.69, 9.17) is 16.3 Å². The van der Waals surface area contributed by atoms with E-state index in [1.54, 1.807) is 7.11 Å². The maximum Gasteiger partial charge on any atom is 0.140 e. The number of aromatic nitrogens is 2. The van der Waals surface area contributed by atoms with Crippen molar-refractivity contribution in [2.45, 2.75) is 32.9 Å². The Kier molecular flexibility index (Phi) is 6.32. The van der Waals surface area contributed by atoms with E-state index in [0.717, 1.165) is 6.42 Å². The van der Waals surface area contributed by atoms with Gasteiger partial charge in [-0.2, -0.15) is 0 Å². The number of methoxy groups -OCH3 is 1. The molecule has 0 spiro atoms. The van der Waals surface area contributed by atoms with Crippen LogP contribution in [0.3, 0.4) is 0 Å². The molecule has 0 bridgehead atoms. The zero-order valence-corrected chi connectivity index (χ0v) is 11.8. The normalized spacial score (nSPS) is 12.5. The Bertz CT molecular complexity index is 376. The van der Waals surface area contributed by atoms with Crippen LogP contribution in [0.5, 0.6) is 0 Å². The highest BCUT2D eigenvalue weighted by molar-refractivity contribution is 6.30. The highest BCUT2D eigenvalue weighted by Gasteiger charge is 2.19. The van der Waals surface area contributed by atoms with E-state index in [1.807, 2.05) is 0 Å². The summed E-state index contributed by atoms with van der Waals surface area (Å²) in [6.07, 6.45) is 2.38. The van der Waals surface area contributed by atoms with E-state index in [1.165, 1.54) is 6.33 Å². The van der Waals surface area contributed by atoms with Gasteiger partial charge in [0.05, 0.1) is 18.8 Å². The van der Waals surface area contributed by atoms with Crippen molar-refractivity contribution < 1.29 is 9.84 Å². The molecule has 18 heavy (non-hydrogen) atoms. The van der Waals surface area contributed by atoms with Gasteiger partial charge >= 0.3 is 0 Å². The summed E-state index contributed by atoms with van der Waals surface area (Å²) in [5.41, 5.74) is 0.565. The van der Waals surface area contributed by atoms with Gasteiger partial charge in [0, 0.05) is 19.7 Å². The second-order valence-corrected chi connectivity index (χ2v) is 4.43. The van der Waals surface area contributed by atoms with Gasteiger partial charge in [0.1, 0.15) is 17.3 Å². The van der Waals surface area contributed by atoms with Crippen LogP contribution >= 0.6 is 11.6 Å². The molecule has 1 unspecified atom stereocenters. The van der Waals surface area contributed by atoms with Gasteiger partial charge < -0.3 is 14.7 Å². The number of ether oxygens (including phenoxy) is 1. The molecule has 1 rings (SSSR count). The molecule has 1 N–H and O–H groups in total. The summed E-state index contributed by atoms with van der Waals surface area (Å²) >= 11 is 5.99. The number of aliphatic hydroxyl groups is 1. The number of nitrogens with zero attached hydrogens (tertiary/aromatic N) is 3. The lowest BCUT2D eigenvalue weighted by Gasteiger charge is -2.30. The lowest BCUT2D eigenvalue weighted by atomic mass is 10.2. The van der Waals surface area contributed by atoms with Gasteiger partial charge in [0.2, 0.25) is 0 Å². The van der Waals surface area contributed by atoms with Gasteiger partial charge in [0.15, 0.2) is 0 Å². The fourth-order valence-electron chi connectivity index (χ4n) is 1.71. The number of rotatable bonds is 7. The van der Waals surface area contributed by atoms with Gasteiger partial charge in [-0.15, -0.1) is 0 Å². The molecule has 0 amide bonds. The summed E-state index contributed by atoms with van der Waals surface area (Å²) in [5, 5.41) is 9.70. The predicted molar refractivity (Wildman–Crippen MR) is 71.9 cm³/mol. The standard InChI is InChI=1S/C12H20ClN3O2/c1-4-9(2)16(5-6-18-3)12-10(7-17)11(13)14-8-15-12/h8-9,17H,4-7H2,1-3H3. The average molecular weight is 274 g/mol. The molecular formula is C12H20ClN3O2. The SMILES string of the molecule is CCC(C)N(CCOC)c1ncnc(Cl)c1CO. The smallest absolute Gasteiger partial charge is 0.140 e. The molecule has 0 radical (unpaired) electrons. The second kappa shape index (κ2) is 7.51. The summed E-state index contributed by atoms with van der Waals surface area (Å²) in [6, 6.07) is 0.288. The second-order valence-electron chi connectivity index (χ2n) is 4.07. The van der Waals surface area contributed by atoms with Crippen LogP contribution in [0.25, 0.3) is 0 Å². The van der Waals surface area contributed by atoms with Crippen molar-refractivity contribution in [2.24, 2.45) is 0 Å². The molecule has 0 aliphatic rings. The zero-order valence-electron chi connectivity index (χ0n) is 11.1. The average Bonchev–Trinajstić information content (AvgIpc) is 2.39. The topological polar surface area (TPSA) is 58.5 Å². The summed E-state index contributed by atoms with van der Waals surface area (Å²) in [5.74, 6) is 0.684. The zero-order chi connectivity index (χ0) is 13.5. The highest BCUT2D eigenvalue weighted by atomic mass is 35.5. The molecule has 6 heteroatoms. The first kappa shape index (κ1) is 15.1. The summed E-state index contributed by atoms with van der Waals surface area (Å²) in [4.78, 5) is 10.2. The van der Waals surface area contributed by atoms with E-state index >= 15 is 0 Å². The van der Waals surface area contributed by atoms with Crippen LogP contribution in [0.1, 0.15) is 25.8 Å². The Morgan fingerprint density at radius 1 is 1.50 bits per heavy atom. The Morgan fingerprint density at radius 2 is 2.22 bits per heavy atom. The van der Waals surface area contributed by atoms with Crippen molar-refractivity contribution in [3.63, 3.8) is 0 Å². The highest BCUT2D eigenvalue weighted by Crippen LogP contribution is 2.25. The molecule has 0 aliphatic heterocycles. The third kappa shape index (κ3) is 3.54. The minimum absolute atomic E-state index is 0.172. The Hall–Kier alpha value is -0.910. The Labute approximate surface area is 113 Å². The van der Waals surface area contributed by atoms with Crippen molar-refractivity contribution in [3.8, 4) is 0 Å². The Morgan fingerprint density at radius 3 is 2.78 bits per heavy atom. The van der Waals surface area contributed by atoms with Crippen LogP contribution in [-0.2, 0) is 11.3 Å². The maximum atomic E-state index is 9.41. The van der Waals surface area contributed by atoms with Crippen LogP contribution in [-0.4, -0.2) is 41.4 Å². The molecule has 0 saturated heterocycles. The van der Waals surface area contributed by atoms with E-state index in [9.17, 15) is 5.11 Å². The van der Waals surface area contributed by atoms with E-state index < -0.39 is 0 Å². The lowest BCUT2D eigenvalue weighted by Crippen LogP contribution is -2.37. The molecule has 0 saturated carbocycles. The number of halogens is 1. The molecular weight excluding hydrogens is 254 g/mol. The van der Waals surface area contributed by atoms with Crippen molar-refractivity contribution in [2.75, 3.05) is 25.2 Å². The van der Waals surface area contributed by atoms with Gasteiger partial charge in [-0.3, -0.25) is 0 Å².